The third kappa shape index (κ3) is 2.85. The molecule has 1 aromatic heterocycles. The van der Waals surface area contributed by atoms with Crippen molar-refractivity contribution in [2.45, 2.75) is 32.1 Å². The van der Waals surface area contributed by atoms with Gasteiger partial charge in [-0.1, -0.05) is 6.07 Å². The first kappa shape index (κ1) is 15.0. The highest BCUT2D eigenvalue weighted by atomic mass is 16.2. The predicted molar refractivity (Wildman–Crippen MR) is 83.1 cm³/mol. The van der Waals surface area contributed by atoms with Crippen LogP contribution in [0.5, 0.6) is 0 Å². The first-order valence-electron chi connectivity index (χ1n) is 8.03. The minimum Gasteiger partial charge on any atom is -0.345 e. The van der Waals surface area contributed by atoms with Gasteiger partial charge in [-0.2, -0.15) is 0 Å². The Morgan fingerprint density at radius 1 is 1.36 bits per heavy atom. The van der Waals surface area contributed by atoms with Crippen LogP contribution in [-0.2, 0) is 16.0 Å². The Hall–Kier alpha value is -1.91. The number of rotatable bonds is 3. The number of likely N-dealkylation sites (tertiary alicyclic amines) is 2. The SMILES string of the molecule is CN1CCCC2(CCN(C(=O)CCc3cccnc3)C2)C1=O. The van der Waals surface area contributed by atoms with Gasteiger partial charge in [0, 0.05) is 45.5 Å². The van der Waals surface area contributed by atoms with Crippen LogP contribution in [0.3, 0.4) is 0 Å². The molecule has 1 aromatic rings. The third-order valence-electron chi connectivity index (χ3n) is 5.01. The number of aromatic nitrogens is 1. The standard InChI is InChI=1S/C17H23N3O2/c1-19-10-3-7-17(16(19)22)8-11-20(13-17)15(21)6-5-14-4-2-9-18-12-14/h2,4,9,12H,3,5-8,10-11,13H2,1H3. The Morgan fingerprint density at radius 2 is 2.23 bits per heavy atom. The maximum atomic E-state index is 12.5. The molecule has 2 saturated heterocycles. The fourth-order valence-corrected chi connectivity index (χ4v) is 3.69. The molecule has 0 N–H and O–H groups in total. The minimum atomic E-state index is -0.309. The zero-order valence-corrected chi connectivity index (χ0v) is 13.1. The first-order valence-corrected chi connectivity index (χ1v) is 8.03. The van der Waals surface area contributed by atoms with Gasteiger partial charge in [0.2, 0.25) is 11.8 Å². The lowest BCUT2D eigenvalue weighted by Gasteiger charge is -2.37. The second-order valence-corrected chi connectivity index (χ2v) is 6.54. The number of piperidine rings is 1. The van der Waals surface area contributed by atoms with Crippen LogP contribution in [0.1, 0.15) is 31.2 Å². The Bertz CT molecular complexity index is 560. The molecular formula is C17H23N3O2. The van der Waals surface area contributed by atoms with Gasteiger partial charge >= 0.3 is 0 Å². The van der Waals surface area contributed by atoms with E-state index in [1.807, 2.05) is 29.0 Å². The van der Waals surface area contributed by atoms with Crippen molar-refractivity contribution >= 4 is 11.8 Å². The Labute approximate surface area is 131 Å². The van der Waals surface area contributed by atoms with E-state index in [1.165, 1.54) is 0 Å². The summed E-state index contributed by atoms with van der Waals surface area (Å²) < 4.78 is 0. The lowest BCUT2D eigenvalue weighted by molar-refractivity contribution is -0.144. The summed E-state index contributed by atoms with van der Waals surface area (Å²) in [6.45, 7) is 2.16. The van der Waals surface area contributed by atoms with Crippen LogP contribution >= 0.6 is 0 Å². The molecule has 0 radical (unpaired) electrons. The number of aryl methyl sites for hydroxylation is 1. The molecule has 2 aliphatic heterocycles. The van der Waals surface area contributed by atoms with Gasteiger partial charge in [-0.05, 0) is 37.3 Å². The van der Waals surface area contributed by atoms with Crippen molar-refractivity contribution in [3.8, 4) is 0 Å². The number of carbonyl (C=O) groups is 2. The molecule has 118 valence electrons. The summed E-state index contributed by atoms with van der Waals surface area (Å²) in [6, 6.07) is 3.88. The molecule has 1 atom stereocenters. The van der Waals surface area contributed by atoms with Gasteiger partial charge in [-0.3, -0.25) is 14.6 Å². The topological polar surface area (TPSA) is 53.5 Å². The molecule has 0 bridgehead atoms. The van der Waals surface area contributed by atoms with Gasteiger partial charge in [0.25, 0.3) is 0 Å². The number of nitrogens with zero attached hydrogens (tertiary/aromatic N) is 3. The lowest BCUT2D eigenvalue weighted by atomic mass is 9.78. The van der Waals surface area contributed by atoms with Crippen LogP contribution in [0.4, 0.5) is 0 Å². The normalized spacial score (nSPS) is 25.0. The van der Waals surface area contributed by atoms with E-state index in [2.05, 4.69) is 4.98 Å². The molecule has 1 spiro atoms. The fourth-order valence-electron chi connectivity index (χ4n) is 3.69. The van der Waals surface area contributed by atoms with Crippen LogP contribution in [0.25, 0.3) is 0 Å². The molecule has 22 heavy (non-hydrogen) atoms. The van der Waals surface area contributed by atoms with Crippen molar-refractivity contribution in [3.63, 3.8) is 0 Å². The number of pyridine rings is 1. The van der Waals surface area contributed by atoms with E-state index in [1.54, 1.807) is 12.4 Å². The minimum absolute atomic E-state index is 0.154. The molecule has 0 saturated carbocycles. The number of amides is 2. The molecule has 1 unspecified atom stereocenters. The molecule has 5 nitrogen and oxygen atoms in total. The van der Waals surface area contributed by atoms with E-state index in [9.17, 15) is 9.59 Å². The van der Waals surface area contributed by atoms with Crippen molar-refractivity contribution in [1.29, 1.82) is 0 Å². The second kappa shape index (κ2) is 6.07. The third-order valence-corrected chi connectivity index (χ3v) is 5.01. The molecule has 2 aliphatic rings. The van der Waals surface area contributed by atoms with E-state index in [0.29, 0.717) is 25.9 Å². The van der Waals surface area contributed by atoms with E-state index >= 15 is 0 Å². The van der Waals surface area contributed by atoms with Gasteiger partial charge in [-0.15, -0.1) is 0 Å². The maximum Gasteiger partial charge on any atom is 0.230 e. The van der Waals surface area contributed by atoms with Gasteiger partial charge in [0.1, 0.15) is 0 Å². The predicted octanol–water partition coefficient (Wildman–Crippen LogP) is 1.49. The zero-order valence-electron chi connectivity index (χ0n) is 13.1. The summed E-state index contributed by atoms with van der Waals surface area (Å²) in [5, 5.41) is 0. The van der Waals surface area contributed by atoms with Crippen LogP contribution in [0.2, 0.25) is 0 Å². The number of hydrogen-bond acceptors (Lipinski definition) is 3. The Morgan fingerprint density at radius 3 is 3.00 bits per heavy atom. The van der Waals surface area contributed by atoms with E-state index < -0.39 is 0 Å². The average molecular weight is 301 g/mol. The molecule has 2 amide bonds. The van der Waals surface area contributed by atoms with Crippen molar-refractivity contribution < 1.29 is 9.59 Å². The van der Waals surface area contributed by atoms with Gasteiger partial charge in [0.05, 0.1) is 5.41 Å². The van der Waals surface area contributed by atoms with E-state index in [-0.39, 0.29) is 17.2 Å². The second-order valence-electron chi connectivity index (χ2n) is 6.54. The molecule has 0 aliphatic carbocycles. The summed E-state index contributed by atoms with van der Waals surface area (Å²) in [5.74, 6) is 0.378. The largest absolute Gasteiger partial charge is 0.345 e. The lowest BCUT2D eigenvalue weighted by Crippen LogP contribution is -2.48. The molecular weight excluding hydrogens is 278 g/mol. The summed E-state index contributed by atoms with van der Waals surface area (Å²) in [7, 11) is 1.87. The van der Waals surface area contributed by atoms with E-state index in [4.69, 9.17) is 0 Å². The summed E-state index contributed by atoms with van der Waals surface area (Å²) in [4.78, 5) is 32.7. The quantitative estimate of drug-likeness (QED) is 0.850. The Kier molecular flexibility index (Phi) is 4.14. The number of carbonyl (C=O) groups excluding carboxylic acids is 2. The molecule has 0 aromatic carbocycles. The average Bonchev–Trinajstić information content (AvgIpc) is 2.97. The molecule has 5 heteroatoms. The summed E-state index contributed by atoms with van der Waals surface area (Å²) in [5.41, 5.74) is 0.773. The summed E-state index contributed by atoms with van der Waals surface area (Å²) in [6.07, 6.45) is 7.52. The first-order chi connectivity index (χ1) is 10.6. The zero-order chi connectivity index (χ0) is 15.6. The van der Waals surface area contributed by atoms with Crippen LogP contribution in [-0.4, -0.2) is 53.3 Å². The van der Waals surface area contributed by atoms with Crippen LogP contribution in [0, 0.1) is 5.41 Å². The molecule has 2 fully saturated rings. The van der Waals surface area contributed by atoms with Crippen molar-refractivity contribution in [1.82, 2.24) is 14.8 Å². The van der Waals surface area contributed by atoms with Gasteiger partial charge in [0.15, 0.2) is 0 Å². The van der Waals surface area contributed by atoms with Crippen LogP contribution in [0.15, 0.2) is 24.5 Å². The number of hydrogen-bond donors (Lipinski definition) is 0. The molecule has 3 heterocycles. The van der Waals surface area contributed by atoms with Gasteiger partial charge in [-0.25, -0.2) is 0 Å². The monoisotopic (exact) mass is 301 g/mol. The van der Waals surface area contributed by atoms with Crippen LogP contribution < -0.4 is 0 Å². The highest BCUT2D eigenvalue weighted by Crippen LogP contribution is 2.39. The highest BCUT2D eigenvalue weighted by Gasteiger charge is 2.48. The smallest absolute Gasteiger partial charge is 0.230 e. The van der Waals surface area contributed by atoms with E-state index in [0.717, 1.165) is 31.4 Å². The van der Waals surface area contributed by atoms with Crippen molar-refractivity contribution in [3.05, 3.63) is 30.1 Å². The highest BCUT2D eigenvalue weighted by molar-refractivity contribution is 5.86. The van der Waals surface area contributed by atoms with Gasteiger partial charge < -0.3 is 9.80 Å². The molecule has 3 rings (SSSR count). The maximum absolute atomic E-state index is 12.5. The van der Waals surface area contributed by atoms with Crippen molar-refractivity contribution in [2.24, 2.45) is 5.41 Å². The summed E-state index contributed by atoms with van der Waals surface area (Å²) >= 11 is 0. The van der Waals surface area contributed by atoms with Crippen molar-refractivity contribution in [2.75, 3.05) is 26.7 Å². The fraction of sp³-hybridized carbons (Fsp3) is 0.588. The Balaban J connectivity index is 1.58.